The Morgan fingerprint density at radius 1 is 1.00 bits per heavy atom. The maximum absolute atomic E-state index is 15.1. The SMILES string of the molecule is CCNc1nc(-c2ccc(NC(=O)NCc3ccc(NC(=O)OC(C)(C)C)nc3)c(F)c2)ccc1C(=O)NCC[N+]1([O-])CCCCC1. The number of hydroxylamine groups is 3. The number of nitrogens with one attached hydrogen (secondary N) is 5. The van der Waals surface area contributed by atoms with E-state index in [0.29, 0.717) is 60.2 Å². The average molecular weight is 651 g/mol. The molecule has 0 unspecified atom stereocenters. The van der Waals surface area contributed by atoms with Crippen LogP contribution in [-0.4, -0.2) is 71.0 Å². The molecule has 0 atom stereocenters. The number of quaternary nitrogens is 1. The Morgan fingerprint density at radius 2 is 1.77 bits per heavy atom. The van der Waals surface area contributed by atoms with Crippen molar-refractivity contribution >= 4 is 35.4 Å². The van der Waals surface area contributed by atoms with Crippen LogP contribution < -0.4 is 26.6 Å². The second kappa shape index (κ2) is 15.6. The molecule has 4 amide bonds. The van der Waals surface area contributed by atoms with Gasteiger partial charge in [0, 0.05) is 24.8 Å². The highest BCUT2D eigenvalue weighted by atomic mass is 19.1. The molecule has 252 valence electrons. The molecule has 0 aliphatic carbocycles. The minimum atomic E-state index is -0.669. The highest BCUT2D eigenvalue weighted by Gasteiger charge is 2.22. The van der Waals surface area contributed by atoms with E-state index in [-0.39, 0.29) is 29.3 Å². The molecule has 47 heavy (non-hydrogen) atoms. The summed E-state index contributed by atoms with van der Waals surface area (Å²) in [5.41, 5.74) is 1.19. The van der Waals surface area contributed by atoms with Crippen molar-refractivity contribution in [1.82, 2.24) is 20.6 Å². The van der Waals surface area contributed by atoms with Crippen LogP contribution in [0.3, 0.4) is 0 Å². The summed E-state index contributed by atoms with van der Waals surface area (Å²) < 4.78 is 20.0. The molecule has 0 radical (unpaired) electrons. The zero-order chi connectivity index (χ0) is 34.0. The Hall–Kier alpha value is -4.82. The normalized spacial score (nSPS) is 14.1. The number of hydrogen-bond acceptors (Lipinski definition) is 8. The van der Waals surface area contributed by atoms with Crippen LogP contribution >= 0.6 is 0 Å². The van der Waals surface area contributed by atoms with Crippen LogP contribution in [0.2, 0.25) is 0 Å². The van der Waals surface area contributed by atoms with Crippen molar-refractivity contribution in [3.63, 3.8) is 0 Å². The van der Waals surface area contributed by atoms with E-state index < -0.39 is 23.5 Å². The van der Waals surface area contributed by atoms with Crippen LogP contribution in [0.4, 0.5) is 31.3 Å². The number of carbonyl (C=O) groups excluding carboxylic acids is 3. The first-order chi connectivity index (χ1) is 22.3. The third-order valence-electron chi connectivity index (χ3n) is 7.34. The van der Waals surface area contributed by atoms with Crippen LogP contribution in [0, 0.1) is 11.0 Å². The van der Waals surface area contributed by atoms with E-state index in [0.717, 1.165) is 19.3 Å². The standard InChI is InChI=1S/C33H43FN8O5/c1-5-35-29-24(30(43)36-15-18-42(46)16-7-6-8-17-42)11-13-26(39-29)23-10-12-27(25(34)19-23)40-31(44)38-21-22-9-14-28(37-20-22)41-32(45)47-33(2,3)4/h9-14,19-20H,5-8,15-18,21H2,1-4H3,(H,35,39)(H,36,43)(H,37,41,45)(H2,38,40,44). The zero-order valence-corrected chi connectivity index (χ0v) is 27.2. The number of nitrogens with zero attached hydrogens (tertiary/aromatic N) is 3. The maximum atomic E-state index is 15.1. The molecule has 1 aromatic carbocycles. The fraction of sp³-hybridized carbons (Fsp3) is 0.424. The summed E-state index contributed by atoms with van der Waals surface area (Å²) in [5, 5.41) is 26.4. The summed E-state index contributed by atoms with van der Waals surface area (Å²) in [5.74, 6) is -0.374. The van der Waals surface area contributed by atoms with Crippen LogP contribution in [0.5, 0.6) is 0 Å². The Morgan fingerprint density at radius 3 is 2.43 bits per heavy atom. The first-order valence-electron chi connectivity index (χ1n) is 15.7. The summed E-state index contributed by atoms with van der Waals surface area (Å²) in [4.78, 5) is 46.0. The van der Waals surface area contributed by atoms with Crippen LogP contribution in [0.1, 0.15) is 62.9 Å². The molecular weight excluding hydrogens is 607 g/mol. The van der Waals surface area contributed by atoms with Gasteiger partial charge < -0.3 is 35.9 Å². The highest BCUT2D eigenvalue weighted by molar-refractivity contribution is 5.99. The minimum Gasteiger partial charge on any atom is -0.633 e. The third-order valence-corrected chi connectivity index (χ3v) is 7.34. The van der Waals surface area contributed by atoms with Gasteiger partial charge in [0.25, 0.3) is 5.91 Å². The molecule has 1 saturated heterocycles. The average Bonchev–Trinajstić information content (AvgIpc) is 3.01. The second-order valence-corrected chi connectivity index (χ2v) is 12.3. The van der Waals surface area contributed by atoms with Crippen molar-refractivity contribution in [3.05, 3.63) is 70.8 Å². The second-order valence-electron chi connectivity index (χ2n) is 12.3. The van der Waals surface area contributed by atoms with Gasteiger partial charge in [-0.05, 0) is 82.9 Å². The molecule has 0 spiro atoms. The molecule has 1 fully saturated rings. The van der Waals surface area contributed by atoms with Gasteiger partial charge in [0.05, 0.1) is 43.1 Å². The van der Waals surface area contributed by atoms with E-state index in [4.69, 9.17) is 4.74 Å². The summed E-state index contributed by atoms with van der Waals surface area (Å²) in [6.45, 7) is 9.50. The van der Waals surface area contributed by atoms with Gasteiger partial charge >= 0.3 is 12.1 Å². The number of hydrogen-bond donors (Lipinski definition) is 5. The summed E-state index contributed by atoms with van der Waals surface area (Å²) in [7, 11) is 0. The van der Waals surface area contributed by atoms with Crippen LogP contribution in [-0.2, 0) is 11.3 Å². The number of likely N-dealkylation sites (tertiary alicyclic amines) is 1. The van der Waals surface area contributed by atoms with Gasteiger partial charge in [-0.25, -0.2) is 23.9 Å². The molecule has 4 rings (SSSR count). The van der Waals surface area contributed by atoms with Crippen molar-refractivity contribution in [1.29, 1.82) is 0 Å². The van der Waals surface area contributed by atoms with Crippen molar-refractivity contribution < 1.29 is 28.2 Å². The van der Waals surface area contributed by atoms with Crippen molar-refractivity contribution in [2.75, 3.05) is 48.7 Å². The number of pyridine rings is 2. The molecule has 14 heteroatoms. The van der Waals surface area contributed by atoms with E-state index in [9.17, 15) is 19.6 Å². The molecule has 13 nitrogen and oxygen atoms in total. The highest BCUT2D eigenvalue weighted by Crippen LogP contribution is 2.26. The number of ether oxygens (including phenoxy) is 1. The molecule has 1 aliphatic heterocycles. The lowest BCUT2D eigenvalue weighted by Gasteiger charge is -2.45. The summed E-state index contributed by atoms with van der Waals surface area (Å²) in [6, 6.07) is 10.2. The quantitative estimate of drug-likeness (QED) is 0.132. The Bertz CT molecular complexity index is 1560. The summed E-state index contributed by atoms with van der Waals surface area (Å²) >= 11 is 0. The molecule has 3 aromatic rings. The molecule has 5 N–H and O–H groups in total. The molecule has 1 aliphatic rings. The van der Waals surface area contributed by atoms with Crippen molar-refractivity contribution in [2.24, 2.45) is 0 Å². The summed E-state index contributed by atoms with van der Waals surface area (Å²) in [6.07, 6.45) is 3.75. The Kier molecular flexibility index (Phi) is 11.7. The number of benzene rings is 1. The maximum Gasteiger partial charge on any atom is 0.413 e. The number of urea groups is 1. The lowest BCUT2D eigenvalue weighted by molar-refractivity contribution is -0.884. The van der Waals surface area contributed by atoms with E-state index >= 15 is 4.39 Å². The molecule has 0 bridgehead atoms. The van der Waals surface area contributed by atoms with Crippen molar-refractivity contribution in [3.8, 4) is 11.3 Å². The minimum absolute atomic E-state index is 0.0308. The van der Waals surface area contributed by atoms with Gasteiger partial charge in [0.1, 0.15) is 23.1 Å². The number of aromatic nitrogens is 2. The third kappa shape index (κ3) is 10.6. The molecule has 2 aromatic heterocycles. The smallest absolute Gasteiger partial charge is 0.413 e. The van der Waals surface area contributed by atoms with Crippen molar-refractivity contribution in [2.45, 2.75) is 59.1 Å². The van der Waals surface area contributed by atoms with Gasteiger partial charge in [0.2, 0.25) is 0 Å². The number of carbonyl (C=O) groups is 3. The largest absolute Gasteiger partial charge is 0.633 e. The fourth-order valence-corrected chi connectivity index (χ4v) is 5.02. The number of halogens is 1. The van der Waals surface area contributed by atoms with E-state index in [1.165, 1.54) is 18.3 Å². The number of piperidine rings is 1. The lowest BCUT2D eigenvalue weighted by Crippen LogP contribution is -2.50. The number of rotatable bonds is 11. The zero-order valence-electron chi connectivity index (χ0n) is 27.2. The Labute approximate surface area is 273 Å². The molecule has 3 heterocycles. The number of amides is 4. The van der Waals surface area contributed by atoms with Gasteiger partial charge in [-0.2, -0.15) is 0 Å². The molecular formula is C33H43FN8O5. The predicted molar refractivity (Wildman–Crippen MR) is 178 cm³/mol. The molecule has 0 saturated carbocycles. The topological polar surface area (TPSA) is 169 Å². The first-order valence-corrected chi connectivity index (χ1v) is 15.7. The Balaban J connectivity index is 1.32. The van der Waals surface area contributed by atoms with E-state index in [1.807, 2.05) is 6.92 Å². The monoisotopic (exact) mass is 650 g/mol. The van der Waals surface area contributed by atoms with Gasteiger partial charge in [0.15, 0.2) is 0 Å². The van der Waals surface area contributed by atoms with Gasteiger partial charge in [-0.3, -0.25) is 10.1 Å². The van der Waals surface area contributed by atoms with Crippen LogP contribution in [0.15, 0.2) is 48.7 Å². The number of anilines is 3. The van der Waals surface area contributed by atoms with Gasteiger partial charge in [-0.1, -0.05) is 12.1 Å². The lowest BCUT2D eigenvalue weighted by atomic mass is 10.1. The van der Waals surface area contributed by atoms with Gasteiger partial charge in [-0.15, -0.1) is 0 Å². The van der Waals surface area contributed by atoms with E-state index in [1.54, 1.807) is 51.1 Å². The van der Waals surface area contributed by atoms with E-state index in [2.05, 4.69) is 36.6 Å². The predicted octanol–water partition coefficient (Wildman–Crippen LogP) is 5.61. The fourth-order valence-electron chi connectivity index (χ4n) is 5.02. The van der Waals surface area contributed by atoms with Crippen LogP contribution in [0.25, 0.3) is 11.3 Å². The first kappa shape index (κ1) is 35.0.